The Hall–Kier alpha value is -1.22. The molecule has 0 spiro atoms. The molecule has 1 aliphatic heterocycles. The summed E-state index contributed by atoms with van der Waals surface area (Å²) in [6.07, 6.45) is 2.45. The smallest absolute Gasteiger partial charge is 0.250 e. The minimum atomic E-state index is -3.45. The van der Waals surface area contributed by atoms with E-state index < -0.39 is 10.0 Å². The summed E-state index contributed by atoms with van der Waals surface area (Å²) in [6, 6.07) is 11.1. The van der Waals surface area contributed by atoms with E-state index in [-0.39, 0.29) is 11.9 Å². The summed E-state index contributed by atoms with van der Waals surface area (Å²) < 4.78 is 28.7. The number of benzene rings is 1. The maximum Gasteiger partial charge on any atom is 0.250 e. The van der Waals surface area contributed by atoms with Crippen molar-refractivity contribution in [1.82, 2.24) is 9.62 Å². The van der Waals surface area contributed by atoms with Crippen LogP contribution in [0.15, 0.2) is 50.5 Å². The molecule has 3 rings (SSSR count). The number of piperidine rings is 1. The van der Waals surface area contributed by atoms with Crippen LogP contribution >= 0.6 is 27.3 Å². The zero-order valence-electron chi connectivity index (χ0n) is 14.2. The number of nitrogens with zero attached hydrogens (tertiary/aromatic N) is 1. The molecule has 0 saturated carbocycles. The van der Waals surface area contributed by atoms with Crippen LogP contribution in [0.2, 0.25) is 0 Å². The van der Waals surface area contributed by atoms with Crippen LogP contribution < -0.4 is 4.72 Å². The molecule has 2 heterocycles. The van der Waals surface area contributed by atoms with E-state index in [1.54, 1.807) is 17.5 Å². The van der Waals surface area contributed by atoms with Gasteiger partial charge in [0.25, 0.3) is 0 Å². The predicted molar refractivity (Wildman–Crippen MR) is 107 cm³/mol. The van der Waals surface area contributed by atoms with Gasteiger partial charge in [0.15, 0.2) is 0 Å². The second-order valence-electron chi connectivity index (χ2n) is 6.30. The first-order valence-electron chi connectivity index (χ1n) is 8.53. The highest BCUT2D eigenvalue weighted by molar-refractivity contribution is 9.10. The molecule has 1 amide bonds. The Bertz CT molecular complexity index is 845. The highest BCUT2D eigenvalue weighted by Crippen LogP contribution is 2.20. The number of carbonyl (C=O) groups excluding carboxylic acids is 1. The summed E-state index contributed by atoms with van der Waals surface area (Å²) in [5.74, 6) is 0.125. The molecule has 0 unspecified atom stereocenters. The molecule has 140 valence electrons. The van der Waals surface area contributed by atoms with E-state index in [4.69, 9.17) is 0 Å². The zero-order chi connectivity index (χ0) is 18.6. The van der Waals surface area contributed by atoms with Crippen LogP contribution in [0.4, 0.5) is 0 Å². The third-order valence-corrected chi connectivity index (χ3v) is 8.19. The number of amides is 1. The van der Waals surface area contributed by atoms with E-state index >= 15 is 0 Å². The molecule has 1 fully saturated rings. The highest BCUT2D eigenvalue weighted by atomic mass is 79.9. The standard InChI is InChI=1S/C18H21BrN2O3S2/c19-16-5-2-1-4-14(16)7-8-17(22)21-11-9-15(10-12-21)20-26(23,24)18-6-3-13-25-18/h1-6,13,15,20H,7-12H2. The van der Waals surface area contributed by atoms with Gasteiger partial charge in [-0.3, -0.25) is 4.79 Å². The Morgan fingerprint density at radius 1 is 1.19 bits per heavy atom. The van der Waals surface area contributed by atoms with E-state index in [0.717, 1.165) is 10.0 Å². The minimum absolute atomic E-state index is 0.116. The molecule has 1 N–H and O–H groups in total. The predicted octanol–water partition coefficient (Wildman–Crippen LogP) is 3.41. The number of sulfonamides is 1. The lowest BCUT2D eigenvalue weighted by atomic mass is 10.0. The SMILES string of the molecule is O=C(CCc1ccccc1Br)N1CCC(NS(=O)(=O)c2cccs2)CC1. The Labute approximate surface area is 166 Å². The zero-order valence-corrected chi connectivity index (χ0v) is 17.4. The molecule has 26 heavy (non-hydrogen) atoms. The number of hydrogen-bond donors (Lipinski definition) is 1. The summed E-state index contributed by atoms with van der Waals surface area (Å²) in [7, 11) is -3.45. The molecule has 0 atom stereocenters. The Morgan fingerprint density at radius 2 is 1.92 bits per heavy atom. The van der Waals surface area contributed by atoms with Gasteiger partial charge in [-0.05, 0) is 42.3 Å². The Balaban J connectivity index is 1.47. The monoisotopic (exact) mass is 456 g/mol. The highest BCUT2D eigenvalue weighted by Gasteiger charge is 2.26. The van der Waals surface area contributed by atoms with Crippen molar-refractivity contribution in [2.45, 2.75) is 35.9 Å². The third-order valence-electron chi connectivity index (χ3n) is 4.50. The van der Waals surface area contributed by atoms with Crippen molar-refractivity contribution in [3.05, 3.63) is 51.8 Å². The summed E-state index contributed by atoms with van der Waals surface area (Å²) in [5.41, 5.74) is 1.12. The van der Waals surface area contributed by atoms with Gasteiger partial charge in [0.05, 0.1) is 0 Å². The van der Waals surface area contributed by atoms with Crippen LogP contribution in [-0.4, -0.2) is 38.4 Å². The fourth-order valence-corrected chi connectivity index (χ4v) is 5.84. The molecule has 1 aliphatic rings. The summed E-state index contributed by atoms with van der Waals surface area (Å²) >= 11 is 4.72. The van der Waals surface area contributed by atoms with Gasteiger partial charge in [-0.2, -0.15) is 0 Å². The molecule has 0 radical (unpaired) electrons. The summed E-state index contributed by atoms with van der Waals surface area (Å²) in [5, 5.41) is 1.75. The van der Waals surface area contributed by atoms with Crippen LogP contribution in [-0.2, 0) is 21.2 Å². The van der Waals surface area contributed by atoms with E-state index in [1.807, 2.05) is 29.2 Å². The van der Waals surface area contributed by atoms with Crippen LogP contribution in [0.1, 0.15) is 24.8 Å². The molecule has 5 nitrogen and oxygen atoms in total. The second-order valence-corrected chi connectivity index (χ2v) is 10.0. The normalized spacial score (nSPS) is 16.0. The first kappa shape index (κ1) is 19.5. The van der Waals surface area contributed by atoms with Gasteiger partial charge in [-0.1, -0.05) is 40.2 Å². The van der Waals surface area contributed by atoms with Crippen LogP contribution in [0, 0.1) is 0 Å². The maximum absolute atomic E-state index is 12.4. The lowest BCUT2D eigenvalue weighted by Gasteiger charge is -2.32. The van der Waals surface area contributed by atoms with E-state index in [1.165, 1.54) is 11.3 Å². The van der Waals surface area contributed by atoms with Crippen LogP contribution in [0.3, 0.4) is 0 Å². The Morgan fingerprint density at radius 3 is 2.58 bits per heavy atom. The van der Waals surface area contributed by atoms with Crippen molar-refractivity contribution in [2.24, 2.45) is 0 Å². The van der Waals surface area contributed by atoms with Crippen LogP contribution in [0.25, 0.3) is 0 Å². The van der Waals surface area contributed by atoms with Gasteiger partial charge < -0.3 is 4.90 Å². The first-order valence-corrected chi connectivity index (χ1v) is 11.7. The average molecular weight is 457 g/mol. The van der Waals surface area contributed by atoms with E-state index in [2.05, 4.69) is 20.7 Å². The quantitative estimate of drug-likeness (QED) is 0.723. The summed E-state index contributed by atoms with van der Waals surface area (Å²) in [4.78, 5) is 14.3. The number of carbonyl (C=O) groups is 1. The number of aryl methyl sites for hydroxylation is 1. The molecule has 0 aliphatic carbocycles. The maximum atomic E-state index is 12.4. The molecule has 1 aromatic carbocycles. The molecule has 1 aromatic heterocycles. The van der Waals surface area contributed by atoms with Crippen molar-refractivity contribution in [3.63, 3.8) is 0 Å². The lowest BCUT2D eigenvalue weighted by molar-refractivity contribution is -0.132. The van der Waals surface area contributed by atoms with Gasteiger partial charge in [0.1, 0.15) is 4.21 Å². The van der Waals surface area contributed by atoms with Gasteiger partial charge >= 0.3 is 0 Å². The lowest BCUT2D eigenvalue weighted by Crippen LogP contribution is -2.46. The molecular weight excluding hydrogens is 436 g/mol. The molecule has 2 aromatic rings. The van der Waals surface area contributed by atoms with Crippen molar-refractivity contribution in [2.75, 3.05) is 13.1 Å². The van der Waals surface area contributed by atoms with Gasteiger partial charge in [-0.15, -0.1) is 11.3 Å². The number of hydrogen-bond acceptors (Lipinski definition) is 4. The molecular formula is C18H21BrN2O3S2. The van der Waals surface area contributed by atoms with Crippen molar-refractivity contribution >= 4 is 43.2 Å². The average Bonchev–Trinajstić information content (AvgIpc) is 3.17. The number of thiophene rings is 1. The van der Waals surface area contributed by atoms with Gasteiger partial charge in [0, 0.05) is 30.0 Å². The topological polar surface area (TPSA) is 66.5 Å². The Kier molecular flexibility index (Phi) is 6.50. The van der Waals surface area contributed by atoms with Crippen molar-refractivity contribution < 1.29 is 13.2 Å². The number of likely N-dealkylation sites (tertiary alicyclic amines) is 1. The fourth-order valence-electron chi connectivity index (χ4n) is 3.04. The van der Waals surface area contributed by atoms with E-state index in [9.17, 15) is 13.2 Å². The number of nitrogens with one attached hydrogen (secondary N) is 1. The second kappa shape index (κ2) is 8.65. The van der Waals surface area contributed by atoms with Crippen LogP contribution in [0.5, 0.6) is 0 Å². The fraction of sp³-hybridized carbons (Fsp3) is 0.389. The molecule has 1 saturated heterocycles. The van der Waals surface area contributed by atoms with Gasteiger partial charge in [-0.25, -0.2) is 13.1 Å². The van der Waals surface area contributed by atoms with E-state index in [0.29, 0.717) is 43.0 Å². The molecule has 8 heteroatoms. The third kappa shape index (κ3) is 4.94. The van der Waals surface area contributed by atoms with Crippen molar-refractivity contribution in [1.29, 1.82) is 0 Å². The first-order chi connectivity index (χ1) is 12.5. The largest absolute Gasteiger partial charge is 0.343 e. The molecule has 0 bridgehead atoms. The number of halogens is 1. The number of rotatable bonds is 6. The minimum Gasteiger partial charge on any atom is -0.343 e. The van der Waals surface area contributed by atoms with Crippen molar-refractivity contribution in [3.8, 4) is 0 Å². The van der Waals surface area contributed by atoms with Gasteiger partial charge in [0.2, 0.25) is 15.9 Å². The summed E-state index contributed by atoms with van der Waals surface area (Å²) in [6.45, 7) is 1.18.